The van der Waals surface area contributed by atoms with Gasteiger partial charge in [-0.2, -0.15) is 5.10 Å². The molecule has 26 heavy (non-hydrogen) atoms. The van der Waals surface area contributed by atoms with Gasteiger partial charge in [0.25, 0.3) is 6.43 Å². The standard InChI is InChI=1S/C14H10F2N2O2.2C2H4O/c15-14(16)13-11-7-10(20)5-6-12(11)17-18(13)8-1-3-9(19)4-2-8;2*1-2-3/h1-7,14,19-20H;2*2H,1H3. The Morgan fingerprint density at radius 3 is 1.96 bits per heavy atom. The van der Waals surface area contributed by atoms with Crippen molar-refractivity contribution >= 4 is 23.5 Å². The van der Waals surface area contributed by atoms with Crippen LogP contribution >= 0.6 is 0 Å². The van der Waals surface area contributed by atoms with Crippen molar-refractivity contribution in [1.29, 1.82) is 0 Å². The molecule has 6 nitrogen and oxygen atoms in total. The second-order valence-corrected chi connectivity index (χ2v) is 4.79. The largest absolute Gasteiger partial charge is 0.508 e. The summed E-state index contributed by atoms with van der Waals surface area (Å²) in [7, 11) is 0. The maximum Gasteiger partial charge on any atom is 0.281 e. The Kier molecular flexibility index (Phi) is 7.88. The molecule has 0 aliphatic heterocycles. The summed E-state index contributed by atoms with van der Waals surface area (Å²) in [5.41, 5.74) is 0.488. The molecule has 0 bridgehead atoms. The van der Waals surface area contributed by atoms with Gasteiger partial charge >= 0.3 is 0 Å². The van der Waals surface area contributed by atoms with E-state index >= 15 is 0 Å². The number of aldehydes is 2. The summed E-state index contributed by atoms with van der Waals surface area (Å²) < 4.78 is 27.7. The van der Waals surface area contributed by atoms with E-state index in [0.29, 0.717) is 11.2 Å². The SMILES string of the molecule is CC=O.CC=O.Oc1ccc(-n2nc3ccc(O)cc3c2C(F)F)cc1. The first-order chi connectivity index (χ1) is 12.4. The molecule has 2 aromatic carbocycles. The first kappa shape index (κ1) is 20.8. The molecule has 1 heterocycles. The molecule has 0 aliphatic rings. The van der Waals surface area contributed by atoms with E-state index in [1.807, 2.05) is 0 Å². The Bertz CT molecular complexity index is 856. The van der Waals surface area contributed by atoms with E-state index in [-0.39, 0.29) is 22.6 Å². The Balaban J connectivity index is 0.000000499. The van der Waals surface area contributed by atoms with Gasteiger partial charge in [0.1, 0.15) is 29.8 Å². The average molecular weight is 364 g/mol. The fourth-order valence-electron chi connectivity index (χ4n) is 2.09. The van der Waals surface area contributed by atoms with Crippen molar-refractivity contribution in [3.05, 3.63) is 48.2 Å². The van der Waals surface area contributed by atoms with Crippen LogP contribution in [0.15, 0.2) is 42.5 Å². The molecule has 0 atom stereocenters. The number of aromatic hydroxyl groups is 2. The van der Waals surface area contributed by atoms with Gasteiger partial charge in [-0.3, -0.25) is 0 Å². The number of carbonyl (C=O) groups is 2. The quantitative estimate of drug-likeness (QED) is 0.675. The van der Waals surface area contributed by atoms with Gasteiger partial charge in [0.05, 0.1) is 11.2 Å². The van der Waals surface area contributed by atoms with Crippen LogP contribution in [0, 0.1) is 0 Å². The van der Waals surface area contributed by atoms with Crippen LogP contribution in [0.5, 0.6) is 11.5 Å². The third-order valence-corrected chi connectivity index (χ3v) is 2.99. The average Bonchev–Trinajstić information content (AvgIpc) is 2.95. The zero-order chi connectivity index (χ0) is 19.7. The van der Waals surface area contributed by atoms with Gasteiger partial charge in [0.2, 0.25) is 0 Å². The number of benzene rings is 2. The van der Waals surface area contributed by atoms with Crippen molar-refractivity contribution < 1.29 is 28.6 Å². The summed E-state index contributed by atoms with van der Waals surface area (Å²) in [4.78, 5) is 17.6. The molecule has 0 spiro atoms. The maximum absolute atomic E-state index is 13.3. The molecule has 138 valence electrons. The van der Waals surface area contributed by atoms with Gasteiger partial charge in [0.15, 0.2) is 0 Å². The van der Waals surface area contributed by atoms with Crippen LogP contribution in [0.2, 0.25) is 0 Å². The van der Waals surface area contributed by atoms with E-state index in [1.165, 1.54) is 56.3 Å². The van der Waals surface area contributed by atoms with Crippen molar-refractivity contribution in [1.82, 2.24) is 9.78 Å². The summed E-state index contributed by atoms with van der Waals surface area (Å²) >= 11 is 0. The van der Waals surface area contributed by atoms with Crippen LogP contribution in [0.3, 0.4) is 0 Å². The van der Waals surface area contributed by atoms with E-state index in [1.54, 1.807) is 0 Å². The summed E-state index contributed by atoms with van der Waals surface area (Å²) in [6, 6.07) is 9.92. The zero-order valence-electron chi connectivity index (χ0n) is 14.1. The Morgan fingerprint density at radius 2 is 1.46 bits per heavy atom. The van der Waals surface area contributed by atoms with Crippen LogP contribution in [0.25, 0.3) is 16.6 Å². The molecule has 8 heteroatoms. The van der Waals surface area contributed by atoms with Crippen LogP contribution in [0.4, 0.5) is 8.78 Å². The predicted octanol–water partition coefficient (Wildman–Crippen LogP) is 3.78. The van der Waals surface area contributed by atoms with Crippen molar-refractivity contribution in [2.75, 3.05) is 0 Å². The highest BCUT2D eigenvalue weighted by Crippen LogP contribution is 2.32. The molecule has 0 aliphatic carbocycles. The molecule has 3 aromatic rings. The minimum atomic E-state index is -2.74. The monoisotopic (exact) mass is 364 g/mol. The van der Waals surface area contributed by atoms with Gasteiger partial charge in [-0.05, 0) is 56.3 Å². The number of carbonyl (C=O) groups excluding carboxylic acids is 2. The van der Waals surface area contributed by atoms with Gasteiger partial charge in [-0.1, -0.05) is 0 Å². The summed E-state index contributed by atoms with van der Waals surface area (Å²) in [6.45, 7) is 2.89. The highest BCUT2D eigenvalue weighted by atomic mass is 19.3. The van der Waals surface area contributed by atoms with Crippen LogP contribution in [-0.2, 0) is 9.59 Å². The predicted molar refractivity (Wildman–Crippen MR) is 92.8 cm³/mol. The molecular weight excluding hydrogens is 346 g/mol. The highest BCUT2D eigenvalue weighted by Gasteiger charge is 2.21. The summed E-state index contributed by atoms with van der Waals surface area (Å²) in [5, 5.41) is 23.0. The second kappa shape index (κ2) is 9.87. The summed E-state index contributed by atoms with van der Waals surface area (Å²) in [6.07, 6.45) is -1.24. The van der Waals surface area contributed by atoms with Gasteiger partial charge in [0, 0.05) is 5.39 Å². The number of aromatic nitrogens is 2. The van der Waals surface area contributed by atoms with Crippen LogP contribution in [-0.4, -0.2) is 32.6 Å². The minimum absolute atomic E-state index is 0.0432. The lowest BCUT2D eigenvalue weighted by molar-refractivity contribution is -0.106. The third-order valence-electron chi connectivity index (χ3n) is 2.99. The topological polar surface area (TPSA) is 92.4 Å². The minimum Gasteiger partial charge on any atom is -0.508 e. The lowest BCUT2D eigenvalue weighted by Gasteiger charge is -2.07. The number of nitrogens with zero attached hydrogens (tertiary/aromatic N) is 2. The zero-order valence-corrected chi connectivity index (χ0v) is 14.1. The molecule has 0 amide bonds. The van der Waals surface area contributed by atoms with E-state index in [2.05, 4.69) is 5.10 Å². The lowest BCUT2D eigenvalue weighted by atomic mass is 10.2. The van der Waals surface area contributed by atoms with Crippen LogP contribution < -0.4 is 0 Å². The van der Waals surface area contributed by atoms with Gasteiger partial charge < -0.3 is 19.8 Å². The number of phenols is 2. The van der Waals surface area contributed by atoms with Crippen LogP contribution in [0.1, 0.15) is 26.0 Å². The molecular formula is C18H18F2N2O4. The number of rotatable bonds is 2. The van der Waals surface area contributed by atoms with E-state index < -0.39 is 6.43 Å². The molecule has 0 radical (unpaired) electrons. The number of fused-ring (bicyclic) bond motifs is 1. The van der Waals surface area contributed by atoms with E-state index in [0.717, 1.165) is 17.3 Å². The molecule has 3 rings (SSSR count). The molecule has 0 saturated heterocycles. The molecule has 0 unspecified atom stereocenters. The molecule has 1 aromatic heterocycles. The first-order valence-electron chi connectivity index (χ1n) is 7.48. The smallest absolute Gasteiger partial charge is 0.281 e. The summed E-state index contributed by atoms with van der Waals surface area (Å²) in [5.74, 6) is -0.0497. The van der Waals surface area contributed by atoms with Crippen molar-refractivity contribution in [3.8, 4) is 17.2 Å². The lowest BCUT2D eigenvalue weighted by Crippen LogP contribution is -2.02. The normalized spacial score (nSPS) is 9.73. The fourth-order valence-corrected chi connectivity index (χ4v) is 2.09. The number of hydrogen-bond donors (Lipinski definition) is 2. The number of hydrogen-bond acceptors (Lipinski definition) is 5. The van der Waals surface area contributed by atoms with Crippen molar-refractivity contribution in [3.63, 3.8) is 0 Å². The molecule has 0 saturated carbocycles. The number of phenolic OH excluding ortho intramolecular Hbond substituents is 2. The molecule has 0 fully saturated rings. The highest BCUT2D eigenvalue weighted by molar-refractivity contribution is 5.84. The first-order valence-corrected chi connectivity index (χ1v) is 7.48. The Hall–Kier alpha value is -3.29. The third kappa shape index (κ3) is 5.10. The number of halogens is 2. The Labute approximate surface area is 148 Å². The van der Waals surface area contributed by atoms with Gasteiger partial charge in [-0.15, -0.1) is 0 Å². The number of alkyl halides is 2. The Morgan fingerprint density at radius 1 is 0.962 bits per heavy atom. The van der Waals surface area contributed by atoms with Gasteiger partial charge in [-0.25, -0.2) is 13.5 Å². The second-order valence-electron chi connectivity index (χ2n) is 4.79. The van der Waals surface area contributed by atoms with E-state index in [4.69, 9.17) is 9.59 Å². The molecule has 2 N–H and O–H groups in total. The van der Waals surface area contributed by atoms with Crippen molar-refractivity contribution in [2.45, 2.75) is 20.3 Å². The maximum atomic E-state index is 13.3. The fraction of sp³-hybridized carbons (Fsp3) is 0.167. The van der Waals surface area contributed by atoms with E-state index in [9.17, 15) is 19.0 Å². The van der Waals surface area contributed by atoms with Crippen molar-refractivity contribution in [2.24, 2.45) is 0 Å².